The third-order valence-corrected chi connectivity index (χ3v) is 2.95. The molecule has 3 heteroatoms. The second-order valence-corrected chi connectivity index (χ2v) is 5.26. The Bertz CT molecular complexity index is 331. The fraction of sp³-hybridized carbons (Fsp3) is 0.727. The van der Waals surface area contributed by atoms with E-state index in [9.17, 15) is 5.11 Å². The lowest BCUT2D eigenvalue weighted by Crippen LogP contribution is -2.13. The van der Waals surface area contributed by atoms with E-state index in [0.29, 0.717) is 0 Å². The first-order valence-corrected chi connectivity index (χ1v) is 5.06. The first-order valence-electron chi connectivity index (χ1n) is 5.06. The van der Waals surface area contributed by atoms with Crippen molar-refractivity contribution < 1.29 is 9.63 Å². The Morgan fingerprint density at radius 2 is 2.14 bits per heavy atom. The van der Waals surface area contributed by atoms with Crippen LogP contribution in [0.15, 0.2) is 10.6 Å². The van der Waals surface area contributed by atoms with Gasteiger partial charge in [0.1, 0.15) is 5.76 Å². The summed E-state index contributed by atoms with van der Waals surface area (Å²) in [4.78, 5) is 0. The maximum absolute atomic E-state index is 9.24. The van der Waals surface area contributed by atoms with Gasteiger partial charge in [-0.15, -0.1) is 0 Å². The fourth-order valence-corrected chi connectivity index (χ4v) is 1.52. The Morgan fingerprint density at radius 1 is 1.50 bits per heavy atom. The number of aromatic nitrogens is 1. The summed E-state index contributed by atoms with van der Waals surface area (Å²) in [5, 5.41) is 13.3. The number of nitrogens with zero attached hydrogens (tertiary/aromatic N) is 1. The van der Waals surface area contributed by atoms with Gasteiger partial charge in [0.05, 0.1) is 12.3 Å². The standard InChI is InChI=1S/C11H17NO2/c1-10(2,3)9-6-8(12-14-9)11(7-13)4-5-11/h6,13H,4-5,7H2,1-3H3. The van der Waals surface area contributed by atoms with E-state index >= 15 is 0 Å². The van der Waals surface area contributed by atoms with Crippen molar-refractivity contribution in [1.82, 2.24) is 5.16 Å². The molecule has 0 spiro atoms. The smallest absolute Gasteiger partial charge is 0.142 e. The van der Waals surface area contributed by atoms with Crippen LogP contribution in [-0.2, 0) is 10.8 Å². The molecule has 0 bridgehead atoms. The van der Waals surface area contributed by atoms with Crippen LogP contribution in [0.25, 0.3) is 0 Å². The molecule has 1 fully saturated rings. The molecule has 0 amide bonds. The lowest BCUT2D eigenvalue weighted by atomic mass is 9.92. The number of hydrogen-bond donors (Lipinski definition) is 1. The van der Waals surface area contributed by atoms with Crippen LogP contribution in [0.2, 0.25) is 0 Å². The van der Waals surface area contributed by atoms with E-state index in [1.165, 1.54) is 0 Å². The third-order valence-electron chi connectivity index (χ3n) is 2.95. The molecule has 1 saturated carbocycles. The van der Waals surface area contributed by atoms with Crippen molar-refractivity contribution in [2.45, 2.75) is 44.4 Å². The number of aliphatic hydroxyl groups excluding tert-OH is 1. The highest BCUT2D eigenvalue weighted by atomic mass is 16.5. The van der Waals surface area contributed by atoms with Crippen molar-refractivity contribution in [3.05, 3.63) is 17.5 Å². The first kappa shape index (κ1) is 9.71. The van der Waals surface area contributed by atoms with Crippen molar-refractivity contribution in [1.29, 1.82) is 0 Å². The Morgan fingerprint density at radius 3 is 2.50 bits per heavy atom. The van der Waals surface area contributed by atoms with Crippen LogP contribution in [0.1, 0.15) is 45.1 Å². The highest BCUT2D eigenvalue weighted by Crippen LogP contribution is 2.47. The number of rotatable bonds is 2. The normalized spacial score (nSPS) is 19.7. The summed E-state index contributed by atoms with van der Waals surface area (Å²) >= 11 is 0. The molecule has 0 saturated heterocycles. The zero-order valence-electron chi connectivity index (χ0n) is 9.00. The molecule has 0 radical (unpaired) electrons. The van der Waals surface area contributed by atoms with E-state index in [-0.39, 0.29) is 17.4 Å². The van der Waals surface area contributed by atoms with Gasteiger partial charge in [0.25, 0.3) is 0 Å². The molecule has 14 heavy (non-hydrogen) atoms. The van der Waals surface area contributed by atoms with Crippen molar-refractivity contribution in [2.24, 2.45) is 0 Å². The molecule has 1 heterocycles. The molecule has 1 aromatic heterocycles. The molecular weight excluding hydrogens is 178 g/mol. The maximum atomic E-state index is 9.24. The highest BCUT2D eigenvalue weighted by molar-refractivity contribution is 5.26. The molecule has 2 rings (SSSR count). The maximum Gasteiger partial charge on any atom is 0.142 e. The average molecular weight is 195 g/mol. The Hall–Kier alpha value is -0.830. The van der Waals surface area contributed by atoms with Gasteiger partial charge in [0.2, 0.25) is 0 Å². The number of aliphatic hydroxyl groups is 1. The molecule has 0 unspecified atom stereocenters. The SMILES string of the molecule is CC(C)(C)c1cc(C2(CO)CC2)no1. The summed E-state index contributed by atoms with van der Waals surface area (Å²) in [7, 11) is 0. The van der Waals surface area contributed by atoms with Crippen molar-refractivity contribution in [2.75, 3.05) is 6.61 Å². The Labute approximate surface area is 84.1 Å². The summed E-state index contributed by atoms with van der Waals surface area (Å²) in [6.07, 6.45) is 2.05. The number of hydrogen-bond acceptors (Lipinski definition) is 3. The molecular formula is C11H17NO2. The minimum absolute atomic E-state index is 0.00319. The van der Waals surface area contributed by atoms with Gasteiger partial charge in [-0.1, -0.05) is 25.9 Å². The zero-order valence-corrected chi connectivity index (χ0v) is 9.00. The Kier molecular flexibility index (Phi) is 1.96. The second-order valence-electron chi connectivity index (χ2n) is 5.26. The van der Waals surface area contributed by atoms with Crippen LogP contribution in [0.3, 0.4) is 0 Å². The minimum atomic E-state index is -0.0764. The lowest BCUT2D eigenvalue weighted by Gasteiger charge is -2.12. The molecule has 1 aromatic rings. The summed E-state index contributed by atoms with van der Waals surface area (Å²) in [5.74, 6) is 0.896. The van der Waals surface area contributed by atoms with Crippen molar-refractivity contribution in [3.63, 3.8) is 0 Å². The van der Waals surface area contributed by atoms with Crippen LogP contribution < -0.4 is 0 Å². The molecule has 3 nitrogen and oxygen atoms in total. The second kappa shape index (κ2) is 2.83. The van der Waals surface area contributed by atoms with Gasteiger partial charge in [0.15, 0.2) is 0 Å². The predicted octanol–water partition coefficient (Wildman–Crippen LogP) is 2.00. The monoisotopic (exact) mass is 195 g/mol. The average Bonchev–Trinajstić information content (AvgIpc) is 2.73. The van der Waals surface area contributed by atoms with Gasteiger partial charge in [-0.25, -0.2) is 0 Å². The van der Waals surface area contributed by atoms with Gasteiger partial charge in [-0.3, -0.25) is 0 Å². The quantitative estimate of drug-likeness (QED) is 0.785. The van der Waals surface area contributed by atoms with E-state index in [4.69, 9.17) is 4.52 Å². The third kappa shape index (κ3) is 1.46. The first-order chi connectivity index (χ1) is 6.48. The van der Waals surface area contributed by atoms with Crippen molar-refractivity contribution in [3.8, 4) is 0 Å². The largest absolute Gasteiger partial charge is 0.395 e. The van der Waals surface area contributed by atoms with Gasteiger partial charge < -0.3 is 9.63 Å². The summed E-state index contributed by atoms with van der Waals surface area (Å²) in [6, 6.07) is 1.99. The van der Waals surface area contributed by atoms with E-state index in [1.54, 1.807) is 0 Å². The van der Waals surface area contributed by atoms with Crippen LogP contribution in [0, 0.1) is 0 Å². The summed E-state index contributed by atoms with van der Waals surface area (Å²) in [5.41, 5.74) is 0.842. The van der Waals surface area contributed by atoms with Crippen LogP contribution in [0.4, 0.5) is 0 Å². The molecule has 78 valence electrons. The van der Waals surface area contributed by atoms with Gasteiger partial charge in [-0.2, -0.15) is 0 Å². The molecule has 1 aliphatic carbocycles. The fourth-order valence-electron chi connectivity index (χ4n) is 1.52. The lowest BCUT2D eigenvalue weighted by molar-refractivity contribution is 0.246. The van der Waals surface area contributed by atoms with Crippen molar-refractivity contribution >= 4 is 0 Å². The minimum Gasteiger partial charge on any atom is -0.395 e. The van der Waals surface area contributed by atoms with E-state index in [2.05, 4.69) is 25.9 Å². The Balaban J connectivity index is 2.27. The molecule has 0 aliphatic heterocycles. The summed E-state index contributed by atoms with van der Waals surface area (Å²) < 4.78 is 5.30. The topological polar surface area (TPSA) is 46.3 Å². The highest BCUT2D eigenvalue weighted by Gasteiger charge is 2.46. The molecule has 1 aliphatic rings. The van der Waals surface area contributed by atoms with E-state index in [1.807, 2.05) is 6.07 Å². The van der Waals surface area contributed by atoms with E-state index < -0.39 is 0 Å². The summed E-state index contributed by atoms with van der Waals surface area (Å²) in [6.45, 7) is 6.46. The van der Waals surface area contributed by atoms with Gasteiger partial charge >= 0.3 is 0 Å². The molecule has 0 aromatic carbocycles. The molecule has 0 atom stereocenters. The van der Waals surface area contributed by atoms with Crippen LogP contribution in [0.5, 0.6) is 0 Å². The van der Waals surface area contributed by atoms with Crippen LogP contribution >= 0.6 is 0 Å². The van der Waals surface area contributed by atoms with E-state index in [0.717, 1.165) is 24.3 Å². The predicted molar refractivity (Wildman–Crippen MR) is 53.2 cm³/mol. The van der Waals surface area contributed by atoms with Gasteiger partial charge in [0, 0.05) is 16.9 Å². The zero-order chi connectivity index (χ0) is 10.4. The van der Waals surface area contributed by atoms with Crippen LogP contribution in [-0.4, -0.2) is 16.9 Å². The molecule has 1 N–H and O–H groups in total. The van der Waals surface area contributed by atoms with Gasteiger partial charge in [-0.05, 0) is 12.8 Å².